The van der Waals surface area contributed by atoms with Gasteiger partial charge in [-0.25, -0.2) is 14.4 Å². The van der Waals surface area contributed by atoms with Gasteiger partial charge in [0.1, 0.15) is 19.0 Å². The van der Waals surface area contributed by atoms with Crippen molar-refractivity contribution in [3.8, 4) is 5.75 Å². The maximum Gasteiger partial charge on any atom is 0.338 e. The number of para-hydroxylation sites is 1. The molecule has 1 aliphatic rings. The summed E-state index contributed by atoms with van der Waals surface area (Å²) in [5, 5.41) is 5.11. The van der Waals surface area contributed by atoms with Crippen LogP contribution in [0.3, 0.4) is 0 Å². The van der Waals surface area contributed by atoms with Crippen LogP contribution in [0.4, 0.5) is 4.79 Å². The fourth-order valence-corrected chi connectivity index (χ4v) is 3.03. The molecule has 8 heteroatoms. The number of carbonyl (C=O) groups excluding carboxylic acids is 3. The van der Waals surface area contributed by atoms with Crippen molar-refractivity contribution in [1.29, 1.82) is 0 Å². The van der Waals surface area contributed by atoms with Crippen molar-refractivity contribution in [2.75, 3.05) is 13.2 Å². The van der Waals surface area contributed by atoms with Crippen LogP contribution >= 0.6 is 0 Å². The van der Waals surface area contributed by atoms with E-state index in [1.165, 1.54) is 0 Å². The third-order valence-electron chi connectivity index (χ3n) is 4.55. The third-order valence-corrected chi connectivity index (χ3v) is 4.55. The van der Waals surface area contributed by atoms with Gasteiger partial charge in [-0.3, -0.25) is 0 Å². The van der Waals surface area contributed by atoms with Gasteiger partial charge < -0.3 is 24.8 Å². The molecule has 0 fully saturated rings. The average Bonchev–Trinajstić information content (AvgIpc) is 2.77. The van der Waals surface area contributed by atoms with Crippen LogP contribution in [0.15, 0.2) is 65.9 Å². The smallest absolute Gasteiger partial charge is 0.338 e. The first-order chi connectivity index (χ1) is 15.0. The summed E-state index contributed by atoms with van der Waals surface area (Å²) < 4.78 is 16.0. The molecule has 1 heterocycles. The lowest BCUT2D eigenvalue weighted by Crippen LogP contribution is -2.50. The summed E-state index contributed by atoms with van der Waals surface area (Å²) in [6.45, 7) is 3.64. The first kappa shape index (κ1) is 21.9. The van der Waals surface area contributed by atoms with E-state index in [0.29, 0.717) is 12.2 Å². The number of nitrogens with one attached hydrogen (secondary N) is 2. The molecular formula is C23H24N2O6. The number of amides is 2. The van der Waals surface area contributed by atoms with Crippen LogP contribution in [0.2, 0.25) is 0 Å². The molecule has 0 spiro atoms. The third kappa shape index (κ3) is 5.85. The largest absolute Gasteiger partial charge is 0.489 e. The molecule has 0 bridgehead atoms. The number of hydrogen-bond donors (Lipinski definition) is 2. The number of benzene rings is 2. The molecule has 0 saturated heterocycles. The molecule has 162 valence electrons. The lowest BCUT2D eigenvalue weighted by atomic mass is 10.0. The molecule has 1 atom stereocenters. The predicted molar refractivity (Wildman–Crippen MR) is 112 cm³/mol. The average molecular weight is 424 g/mol. The highest BCUT2D eigenvalue weighted by Gasteiger charge is 2.30. The van der Waals surface area contributed by atoms with E-state index in [2.05, 4.69) is 10.6 Å². The van der Waals surface area contributed by atoms with Gasteiger partial charge in [0.15, 0.2) is 0 Å². The maximum atomic E-state index is 12.4. The number of ether oxygens (including phenoxy) is 3. The second-order valence-corrected chi connectivity index (χ2v) is 6.81. The van der Waals surface area contributed by atoms with Gasteiger partial charge >= 0.3 is 18.0 Å². The Hall–Kier alpha value is -3.81. The van der Waals surface area contributed by atoms with Gasteiger partial charge in [0.25, 0.3) is 0 Å². The molecule has 0 aliphatic carbocycles. The van der Waals surface area contributed by atoms with Gasteiger partial charge in [-0.1, -0.05) is 30.3 Å². The van der Waals surface area contributed by atoms with Crippen LogP contribution in [-0.4, -0.2) is 37.2 Å². The molecule has 1 aliphatic heterocycles. The van der Waals surface area contributed by atoms with E-state index in [9.17, 15) is 14.4 Å². The predicted octanol–water partition coefficient (Wildman–Crippen LogP) is 2.94. The van der Waals surface area contributed by atoms with Gasteiger partial charge in [-0.2, -0.15) is 0 Å². The molecule has 2 aromatic carbocycles. The van der Waals surface area contributed by atoms with Crippen LogP contribution in [0.1, 0.15) is 29.8 Å². The highest BCUT2D eigenvalue weighted by atomic mass is 16.5. The van der Waals surface area contributed by atoms with Crippen LogP contribution in [0.5, 0.6) is 5.75 Å². The molecule has 0 saturated carbocycles. The Morgan fingerprint density at radius 3 is 2.32 bits per heavy atom. The first-order valence-electron chi connectivity index (χ1n) is 9.89. The fraction of sp³-hybridized carbons (Fsp3) is 0.261. The molecule has 2 aromatic rings. The minimum atomic E-state index is -0.577. The highest BCUT2D eigenvalue weighted by molar-refractivity contribution is 5.95. The topological polar surface area (TPSA) is 103 Å². The van der Waals surface area contributed by atoms with Gasteiger partial charge in [-0.15, -0.1) is 0 Å². The molecule has 8 nitrogen and oxygen atoms in total. The Kier molecular flexibility index (Phi) is 7.26. The van der Waals surface area contributed by atoms with Crippen molar-refractivity contribution in [3.05, 3.63) is 77.0 Å². The summed E-state index contributed by atoms with van der Waals surface area (Å²) in [7, 11) is 0. The molecule has 3 rings (SSSR count). The second kappa shape index (κ2) is 10.3. The van der Waals surface area contributed by atoms with Crippen LogP contribution in [-0.2, 0) is 20.9 Å². The fourth-order valence-electron chi connectivity index (χ4n) is 3.03. The zero-order valence-corrected chi connectivity index (χ0v) is 17.3. The van der Waals surface area contributed by atoms with Crippen molar-refractivity contribution in [3.63, 3.8) is 0 Å². The highest BCUT2D eigenvalue weighted by Crippen LogP contribution is 2.16. The summed E-state index contributed by atoms with van der Waals surface area (Å²) >= 11 is 0. The van der Waals surface area contributed by atoms with E-state index < -0.39 is 24.0 Å². The summed E-state index contributed by atoms with van der Waals surface area (Å²) in [5.41, 5.74) is 1.67. The van der Waals surface area contributed by atoms with Crippen molar-refractivity contribution in [2.24, 2.45) is 0 Å². The Morgan fingerprint density at radius 1 is 0.935 bits per heavy atom. The molecule has 2 N–H and O–H groups in total. The Labute approximate surface area is 180 Å². The Balaban J connectivity index is 1.61. The van der Waals surface area contributed by atoms with E-state index >= 15 is 0 Å². The van der Waals surface area contributed by atoms with E-state index in [4.69, 9.17) is 14.2 Å². The molecular weight excluding hydrogens is 400 g/mol. The monoisotopic (exact) mass is 424 g/mol. The summed E-state index contributed by atoms with van der Waals surface area (Å²) in [6.07, 6.45) is 0. The van der Waals surface area contributed by atoms with Gasteiger partial charge in [-0.05, 0) is 43.7 Å². The van der Waals surface area contributed by atoms with Crippen molar-refractivity contribution in [2.45, 2.75) is 26.5 Å². The number of esters is 2. The number of urea groups is 1. The summed E-state index contributed by atoms with van der Waals surface area (Å²) in [5.74, 6) is -0.391. The maximum absolute atomic E-state index is 12.4. The summed E-state index contributed by atoms with van der Waals surface area (Å²) in [4.78, 5) is 36.4. The van der Waals surface area contributed by atoms with E-state index in [1.54, 1.807) is 38.1 Å². The SMILES string of the molecule is CCOC(=O)C1=C(COC(=O)c2ccc(COc3ccccc3)cc2)NC(=O)N[C@H]1C. The first-order valence-corrected chi connectivity index (χ1v) is 9.89. The minimum Gasteiger partial charge on any atom is -0.489 e. The second-order valence-electron chi connectivity index (χ2n) is 6.81. The molecule has 0 aromatic heterocycles. The molecule has 0 unspecified atom stereocenters. The molecule has 0 radical (unpaired) electrons. The Morgan fingerprint density at radius 2 is 1.65 bits per heavy atom. The van der Waals surface area contributed by atoms with E-state index in [0.717, 1.165) is 11.3 Å². The van der Waals surface area contributed by atoms with Crippen molar-refractivity contribution in [1.82, 2.24) is 10.6 Å². The molecule has 31 heavy (non-hydrogen) atoms. The zero-order chi connectivity index (χ0) is 22.2. The minimum absolute atomic E-state index is 0.191. The molecule has 2 amide bonds. The van der Waals surface area contributed by atoms with Crippen molar-refractivity contribution < 1.29 is 28.6 Å². The quantitative estimate of drug-likeness (QED) is 0.632. The van der Waals surface area contributed by atoms with Gasteiger partial charge in [0.2, 0.25) is 0 Å². The summed E-state index contributed by atoms with van der Waals surface area (Å²) in [6, 6.07) is 15.2. The standard InChI is InChI=1S/C23H24N2O6/c1-3-29-22(27)20-15(2)24-23(28)25-19(20)14-31-21(26)17-11-9-16(10-12-17)13-30-18-7-5-4-6-8-18/h4-12,15H,3,13-14H2,1-2H3,(H2,24,25,28)/t15-/m0/s1. The number of hydrogen-bond acceptors (Lipinski definition) is 6. The van der Waals surface area contributed by atoms with Crippen LogP contribution in [0.25, 0.3) is 0 Å². The lowest BCUT2D eigenvalue weighted by Gasteiger charge is -2.26. The van der Waals surface area contributed by atoms with Crippen LogP contribution in [0, 0.1) is 0 Å². The normalized spacial score (nSPS) is 15.5. The van der Waals surface area contributed by atoms with Crippen molar-refractivity contribution >= 4 is 18.0 Å². The Bertz CT molecular complexity index is 969. The van der Waals surface area contributed by atoms with E-state index in [-0.39, 0.29) is 24.5 Å². The van der Waals surface area contributed by atoms with Gasteiger partial charge in [0.05, 0.1) is 29.5 Å². The lowest BCUT2D eigenvalue weighted by molar-refractivity contribution is -0.139. The van der Waals surface area contributed by atoms with Gasteiger partial charge in [0, 0.05) is 0 Å². The number of carbonyl (C=O) groups is 3. The van der Waals surface area contributed by atoms with E-state index in [1.807, 2.05) is 30.3 Å². The zero-order valence-electron chi connectivity index (χ0n) is 17.3. The number of rotatable bonds is 8. The van der Waals surface area contributed by atoms with Crippen LogP contribution < -0.4 is 15.4 Å².